The first-order valence-electron chi connectivity index (χ1n) is 5.48. The number of alkyl halides is 1. The Bertz CT molecular complexity index is 291. The van der Waals surface area contributed by atoms with Crippen molar-refractivity contribution in [2.45, 2.75) is 19.3 Å². The molecule has 0 radical (unpaired) electrons. The van der Waals surface area contributed by atoms with E-state index in [2.05, 4.69) is 30.8 Å². The maximum atomic E-state index is 4.30. The number of rotatable bonds is 2. The molecule has 15 heavy (non-hydrogen) atoms. The molecule has 3 nitrogen and oxygen atoms in total. The maximum Gasteiger partial charge on any atom is 0.225 e. The average Bonchev–Trinajstić information content (AvgIpc) is 2.55. The van der Waals surface area contributed by atoms with Gasteiger partial charge in [0, 0.05) is 30.8 Å². The van der Waals surface area contributed by atoms with Crippen LogP contribution in [0, 0.1) is 5.92 Å². The molecule has 2 rings (SSSR count). The van der Waals surface area contributed by atoms with Crippen LogP contribution in [0.5, 0.6) is 0 Å². The zero-order chi connectivity index (χ0) is 10.5. The summed E-state index contributed by atoms with van der Waals surface area (Å²) in [7, 11) is 0. The van der Waals surface area contributed by atoms with E-state index in [1.165, 1.54) is 19.3 Å². The Kier molecular flexibility index (Phi) is 3.94. The lowest BCUT2D eigenvalue weighted by atomic mass is 10.0. The number of hydrogen-bond donors (Lipinski definition) is 0. The van der Waals surface area contributed by atoms with Gasteiger partial charge in [-0.15, -0.1) is 0 Å². The van der Waals surface area contributed by atoms with Crippen molar-refractivity contribution in [3.05, 3.63) is 18.5 Å². The summed E-state index contributed by atoms with van der Waals surface area (Å²) < 4.78 is 0. The van der Waals surface area contributed by atoms with E-state index in [9.17, 15) is 0 Å². The second-order valence-electron chi connectivity index (χ2n) is 3.99. The van der Waals surface area contributed by atoms with Gasteiger partial charge in [0.1, 0.15) is 0 Å². The molecule has 1 aliphatic heterocycles. The number of anilines is 1. The van der Waals surface area contributed by atoms with Gasteiger partial charge in [0.15, 0.2) is 0 Å². The van der Waals surface area contributed by atoms with Crippen molar-refractivity contribution in [3.8, 4) is 0 Å². The summed E-state index contributed by atoms with van der Waals surface area (Å²) in [6.07, 6.45) is 7.43. The van der Waals surface area contributed by atoms with E-state index in [1.807, 2.05) is 18.5 Å². The SMILES string of the molecule is BrCC1CCCN(c2ncccn2)CC1. The number of hydrogen-bond acceptors (Lipinski definition) is 3. The van der Waals surface area contributed by atoms with Crippen LogP contribution >= 0.6 is 15.9 Å². The van der Waals surface area contributed by atoms with Gasteiger partial charge in [-0.2, -0.15) is 0 Å². The molecule has 1 aromatic rings. The summed E-state index contributed by atoms with van der Waals surface area (Å²) in [5, 5.41) is 1.12. The van der Waals surface area contributed by atoms with Crippen LogP contribution in [0.25, 0.3) is 0 Å². The molecule has 1 saturated heterocycles. The van der Waals surface area contributed by atoms with Crippen LogP contribution in [0.3, 0.4) is 0 Å². The molecule has 1 atom stereocenters. The summed E-state index contributed by atoms with van der Waals surface area (Å²) in [5.74, 6) is 1.70. The molecule has 0 saturated carbocycles. The minimum Gasteiger partial charge on any atom is -0.341 e. The Hall–Kier alpha value is -0.640. The highest BCUT2D eigenvalue weighted by atomic mass is 79.9. The second kappa shape index (κ2) is 5.45. The molecule has 0 spiro atoms. The van der Waals surface area contributed by atoms with Gasteiger partial charge in [-0.1, -0.05) is 15.9 Å². The molecular formula is C11H16BrN3. The highest BCUT2D eigenvalue weighted by molar-refractivity contribution is 9.09. The molecule has 1 aliphatic rings. The molecule has 1 aromatic heterocycles. The summed E-state index contributed by atoms with van der Waals surface area (Å²) in [4.78, 5) is 10.9. The fourth-order valence-electron chi connectivity index (χ4n) is 1.97. The molecule has 1 fully saturated rings. The second-order valence-corrected chi connectivity index (χ2v) is 4.63. The van der Waals surface area contributed by atoms with Gasteiger partial charge in [-0.3, -0.25) is 0 Å². The summed E-state index contributed by atoms with van der Waals surface area (Å²) in [6.45, 7) is 2.17. The van der Waals surface area contributed by atoms with Crippen molar-refractivity contribution in [1.29, 1.82) is 0 Å². The zero-order valence-electron chi connectivity index (χ0n) is 8.77. The van der Waals surface area contributed by atoms with Gasteiger partial charge in [0.25, 0.3) is 0 Å². The topological polar surface area (TPSA) is 29.0 Å². The number of aromatic nitrogens is 2. The highest BCUT2D eigenvalue weighted by Crippen LogP contribution is 2.21. The lowest BCUT2D eigenvalue weighted by Crippen LogP contribution is -2.26. The third kappa shape index (κ3) is 2.91. The molecule has 0 bridgehead atoms. The smallest absolute Gasteiger partial charge is 0.225 e. The highest BCUT2D eigenvalue weighted by Gasteiger charge is 2.17. The molecule has 1 unspecified atom stereocenters. The predicted octanol–water partition coefficient (Wildman–Crippen LogP) is 2.48. The minimum atomic E-state index is 0.818. The lowest BCUT2D eigenvalue weighted by Gasteiger charge is -2.19. The van der Waals surface area contributed by atoms with Gasteiger partial charge in [-0.25, -0.2) is 9.97 Å². The molecule has 82 valence electrons. The van der Waals surface area contributed by atoms with Crippen LogP contribution in [0.15, 0.2) is 18.5 Å². The largest absolute Gasteiger partial charge is 0.341 e. The summed E-state index contributed by atoms with van der Waals surface area (Å²) in [5.41, 5.74) is 0. The van der Waals surface area contributed by atoms with Crippen LogP contribution in [0.4, 0.5) is 5.95 Å². The van der Waals surface area contributed by atoms with Gasteiger partial charge in [-0.05, 0) is 31.2 Å². The standard InChI is InChI=1S/C11H16BrN3/c12-9-10-3-1-7-15(8-4-10)11-13-5-2-6-14-11/h2,5-6,10H,1,3-4,7-9H2. The molecule has 0 amide bonds. The molecule has 4 heteroatoms. The summed E-state index contributed by atoms with van der Waals surface area (Å²) in [6, 6.07) is 1.86. The zero-order valence-corrected chi connectivity index (χ0v) is 10.4. The molecule has 0 aromatic carbocycles. The normalized spacial score (nSPS) is 22.5. The van der Waals surface area contributed by atoms with E-state index < -0.39 is 0 Å². The number of halogens is 1. The Morgan fingerprint density at radius 2 is 2.07 bits per heavy atom. The van der Waals surface area contributed by atoms with Crippen molar-refractivity contribution in [2.24, 2.45) is 5.92 Å². The molecule has 0 N–H and O–H groups in total. The van der Waals surface area contributed by atoms with Crippen molar-refractivity contribution < 1.29 is 0 Å². The first-order valence-corrected chi connectivity index (χ1v) is 6.60. The van der Waals surface area contributed by atoms with E-state index in [0.29, 0.717) is 0 Å². The van der Waals surface area contributed by atoms with Crippen molar-refractivity contribution in [1.82, 2.24) is 9.97 Å². The van der Waals surface area contributed by atoms with E-state index >= 15 is 0 Å². The van der Waals surface area contributed by atoms with Gasteiger partial charge < -0.3 is 4.90 Å². The van der Waals surface area contributed by atoms with Crippen LogP contribution in [-0.2, 0) is 0 Å². The van der Waals surface area contributed by atoms with Gasteiger partial charge >= 0.3 is 0 Å². The first-order chi connectivity index (χ1) is 7.40. The number of nitrogens with zero attached hydrogens (tertiary/aromatic N) is 3. The van der Waals surface area contributed by atoms with Crippen LogP contribution in [0.2, 0.25) is 0 Å². The Balaban J connectivity index is 2.00. The molecule has 2 heterocycles. The average molecular weight is 270 g/mol. The van der Waals surface area contributed by atoms with E-state index in [0.717, 1.165) is 30.3 Å². The molecular weight excluding hydrogens is 254 g/mol. The monoisotopic (exact) mass is 269 g/mol. The fraction of sp³-hybridized carbons (Fsp3) is 0.636. The van der Waals surface area contributed by atoms with Gasteiger partial charge in [0.2, 0.25) is 5.95 Å². The third-order valence-electron chi connectivity index (χ3n) is 2.90. The van der Waals surface area contributed by atoms with Crippen molar-refractivity contribution >= 4 is 21.9 Å². The van der Waals surface area contributed by atoms with Gasteiger partial charge in [0.05, 0.1) is 0 Å². The van der Waals surface area contributed by atoms with E-state index in [-0.39, 0.29) is 0 Å². The Labute approximate surface area is 99.0 Å². The fourth-order valence-corrected chi connectivity index (χ4v) is 2.62. The Morgan fingerprint density at radius 1 is 1.27 bits per heavy atom. The first kappa shape index (κ1) is 10.9. The predicted molar refractivity (Wildman–Crippen MR) is 65.4 cm³/mol. The summed E-state index contributed by atoms with van der Waals surface area (Å²) >= 11 is 3.57. The maximum absolute atomic E-state index is 4.30. The third-order valence-corrected chi connectivity index (χ3v) is 3.82. The quantitative estimate of drug-likeness (QED) is 0.773. The van der Waals surface area contributed by atoms with Crippen LogP contribution < -0.4 is 4.90 Å². The van der Waals surface area contributed by atoms with Crippen LogP contribution in [0.1, 0.15) is 19.3 Å². The van der Waals surface area contributed by atoms with E-state index in [4.69, 9.17) is 0 Å². The van der Waals surface area contributed by atoms with Crippen molar-refractivity contribution in [2.75, 3.05) is 23.3 Å². The Morgan fingerprint density at radius 3 is 2.80 bits per heavy atom. The molecule has 0 aliphatic carbocycles. The van der Waals surface area contributed by atoms with Crippen LogP contribution in [-0.4, -0.2) is 28.4 Å². The van der Waals surface area contributed by atoms with E-state index in [1.54, 1.807) is 0 Å². The van der Waals surface area contributed by atoms with Crippen molar-refractivity contribution in [3.63, 3.8) is 0 Å². The lowest BCUT2D eigenvalue weighted by molar-refractivity contribution is 0.533. The minimum absolute atomic E-state index is 0.818.